The van der Waals surface area contributed by atoms with Gasteiger partial charge in [0.15, 0.2) is 0 Å². The quantitative estimate of drug-likeness (QED) is 0.627. The van der Waals surface area contributed by atoms with Gasteiger partial charge in [0.1, 0.15) is 0 Å². The summed E-state index contributed by atoms with van der Waals surface area (Å²) in [7, 11) is 0. The van der Waals surface area contributed by atoms with E-state index in [1.54, 1.807) is 23.6 Å². The zero-order valence-corrected chi connectivity index (χ0v) is 19.3. The normalized spacial score (nSPS) is 17.2. The number of benzene rings is 2. The van der Waals surface area contributed by atoms with Crippen molar-refractivity contribution in [2.75, 3.05) is 19.6 Å². The highest BCUT2D eigenvalue weighted by Gasteiger charge is 2.32. The molecule has 2 N–H and O–H groups in total. The number of nitrogens with zero attached hydrogens (tertiary/aromatic N) is 3. The average Bonchev–Trinajstić information content (AvgIpc) is 3.19. The second kappa shape index (κ2) is 9.19. The molecule has 0 radical (unpaired) electrons. The largest absolute Gasteiger partial charge is 0.390 e. The molecule has 7 nitrogen and oxygen atoms in total. The number of fused-ring (bicyclic) bond motifs is 1. The Kier molecular flexibility index (Phi) is 6.33. The summed E-state index contributed by atoms with van der Waals surface area (Å²) in [6, 6.07) is 15.4. The average molecular weight is 447 g/mol. The van der Waals surface area contributed by atoms with Crippen molar-refractivity contribution in [1.82, 2.24) is 20.0 Å². The van der Waals surface area contributed by atoms with E-state index >= 15 is 0 Å². The lowest BCUT2D eigenvalue weighted by molar-refractivity contribution is -0.139. The van der Waals surface area contributed by atoms with Crippen molar-refractivity contribution in [3.05, 3.63) is 65.4 Å². The topological polar surface area (TPSA) is 89.5 Å². The fourth-order valence-electron chi connectivity index (χ4n) is 4.19. The molecule has 0 saturated carbocycles. The van der Waals surface area contributed by atoms with Crippen LogP contribution in [0.5, 0.6) is 0 Å². The van der Waals surface area contributed by atoms with Gasteiger partial charge in [0.05, 0.1) is 23.2 Å². The van der Waals surface area contributed by atoms with Crippen molar-refractivity contribution in [2.24, 2.45) is 0 Å². The highest BCUT2D eigenvalue weighted by molar-refractivity contribution is 5.95. The molecule has 2 heterocycles. The summed E-state index contributed by atoms with van der Waals surface area (Å²) in [4.78, 5) is 29.0. The minimum absolute atomic E-state index is 0.0368. The summed E-state index contributed by atoms with van der Waals surface area (Å²) < 4.78 is 0. The van der Waals surface area contributed by atoms with Gasteiger partial charge < -0.3 is 14.9 Å². The molecule has 0 bridgehead atoms. The first-order valence-corrected chi connectivity index (χ1v) is 11.2. The van der Waals surface area contributed by atoms with Crippen LogP contribution in [0.4, 0.5) is 0 Å². The van der Waals surface area contributed by atoms with E-state index in [0.717, 1.165) is 22.2 Å². The number of aromatic amines is 1. The number of hydrogen-bond donors (Lipinski definition) is 2. The van der Waals surface area contributed by atoms with E-state index in [-0.39, 0.29) is 24.3 Å². The summed E-state index contributed by atoms with van der Waals surface area (Å²) in [5, 5.41) is 18.4. The molecule has 3 aromatic rings. The second-order valence-electron chi connectivity index (χ2n) is 9.29. The molecular weight excluding hydrogens is 416 g/mol. The molecule has 2 amide bonds. The Hall–Kier alpha value is -3.45. The van der Waals surface area contributed by atoms with Crippen LogP contribution >= 0.6 is 0 Å². The van der Waals surface area contributed by atoms with Gasteiger partial charge in [-0.3, -0.25) is 14.7 Å². The first-order valence-electron chi connectivity index (χ1n) is 11.2. The van der Waals surface area contributed by atoms with E-state index in [1.165, 1.54) is 0 Å². The van der Waals surface area contributed by atoms with Gasteiger partial charge in [-0.25, -0.2) is 0 Å². The molecule has 1 aliphatic heterocycles. The number of aromatic nitrogens is 2. The summed E-state index contributed by atoms with van der Waals surface area (Å²) >= 11 is 0. The van der Waals surface area contributed by atoms with E-state index in [1.807, 2.05) is 67.6 Å². The number of H-pyrrole nitrogens is 1. The first-order chi connectivity index (χ1) is 15.7. The monoisotopic (exact) mass is 446 g/mol. The van der Waals surface area contributed by atoms with E-state index in [0.29, 0.717) is 25.2 Å². The second-order valence-corrected chi connectivity index (χ2v) is 9.29. The molecule has 1 saturated heterocycles. The van der Waals surface area contributed by atoms with E-state index in [4.69, 9.17) is 0 Å². The molecule has 1 atom stereocenters. The molecule has 0 aliphatic carbocycles. The number of hydrogen-bond acceptors (Lipinski definition) is 4. The van der Waals surface area contributed by atoms with Gasteiger partial charge in [0, 0.05) is 36.6 Å². The van der Waals surface area contributed by atoms with Crippen LogP contribution in [0.15, 0.2) is 48.5 Å². The highest BCUT2D eigenvalue weighted by Crippen LogP contribution is 2.20. The van der Waals surface area contributed by atoms with Crippen LogP contribution in [0.1, 0.15) is 48.8 Å². The van der Waals surface area contributed by atoms with Crippen molar-refractivity contribution in [2.45, 2.75) is 38.8 Å². The third kappa shape index (κ3) is 5.31. The number of para-hydroxylation sites is 1. The Balaban J connectivity index is 1.38. The Bertz CT molecular complexity index is 1170. The third-order valence-corrected chi connectivity index (χ3v) is 5.91. The van der Waals surface area contributed by atoms with Gasteiger partial charge in [0.25, 0.3) is 5.91 Å². The molecule has 33 heavy (non-hydrogen) atoms. The van der Waals surface area contributed by atoms with Crippen LogP contribution in [-0.4, -0.2) is 68.2 Å². The summed E-state index contributed by atoms with van der Waals surface area (Å²) in [6.45, 7) is 6.63. The highest BCUT2D eigenvalue weighted by atomic mass is 16.3. The van der Waals surface area contributed by atoms with E-state index in [2.05, 4.69) is 10.2 Å². The molecule has 0 spiro atoms. The maximum Gasteiger partial charge on any atom is 0.253 e. The number of carbonyl (C=O) groups excluding carboxylic acids is 2. The minimum atomic E-state index is -1.04. The summed E-state index contributed by atoms with van der Waals surface area (Å²) in [5.41, 5.74) is 2.44. The van der Waals surface area contributed by atoms with Crippen LogP contribution in [0, 0.1) is 0 Å². The molecule has 1 aliphatic rings. The van der Waals surface area contributed by atoms with Crippen molar-refractivity contribution in [3.63, 3.8) is 0 Å². The number of carbonyl (C=O) groups is 2. The Morgan fingerprint density at radius 2 is 1.85 bits per heavy atom. The number of amides is 2. The molecule has 1 aromatic heterocycles. The van der Waals surface area contributed by atoms with Crippen LogP contribution < -0.4 is 0 Å². The van der Waals surface area contributed by atoms with Crippen LogP contribution in [0.3, 0.4) is 0 Å². The molecule has 1 unspecified atom stereocenters. The number of nitrogens with one attached hydrogen (secondary N) is 1. The van der Waals surface area contributed by atoms with Crippen LogP contribution in [-0.2, 0) is 4.79 Å². The smallest absolute Gasteiger partial charge is 0.253 e. The predicted molar refractivity (Wildman–Crippen MR) is 129 cm³/mol. The van der Waals surface area contributed by atoms with Gasteiger partial charge in [0.2, 0.25) is 5.91 Å². The third-order valence-electron chi connectivity index (χ3n) is 5.91. The summed E-state index contributed by atoms with van der Waals surface area (Å²) in [6.07, 6.45) is 4.02. The fraction of sp³-hybridized carbons (Fsp3) is 0.346. The van der Waals surface area contributed by atoms with Gasteiger partial charge in [-0.15, -0.1) is 0 Å². The van der Waals surface area contributed by atoms with Crippen LogP contribution in [0.25, 0.3) is 23.1 Å². The minimum Gasteiger partial charge on any atom is -0.390 e. The predicted octanol–water partition coefficient (Wildman–Crippen LogP) is 3.57. The van der Waals surface area contributed by atoms with Crippen LogP contribution in [0.2, 0.25) is 0 Å². The Morgan fingerprint density at radius 3 is 2.55 bits per heavy atom. The van der Waals surface area contributed by atoms with Crippen molar-refractivity contribution >= 4 is 34.9 Å². The molecule has 4 rings (SSSR count). The number of rotatable bonds is 5. The first kappa shape index (κ1) is 22.7. The molecule has 172 valence electrons. The SMILES string of the molecule is CC1CN(C(=O)c2ccc(C=Cc3n[nH]c4ccccc34)cc2)CCN1C(=O)CC(C)(C)O. The van der Waals surface area contributed by atoms with Crippen molar-refractivity contribution < 1.29 is 14.7 Å². The lowest BCUT2D eigenvalue weighted by Crippen LogP contribution is -2.56. The van der Waals surface area contributed by atoms with E-state index in [9.17, 15) is 14.7 Å². The zero-order valence-electron chi connectivity index (χ0n) is 19.3. The lowest BCUT2D eigenvalue weighted by atomic mass is 10.0. The fourth-order valence-corrected chi connectivity index (χ4v) is 4.19. The maximum atomic E-state index is 13.0. The Labute approximate surface area is 193 Å². The molecular formula is C26H30N4O3. The van der Waals surface area contributed by atoms with Gasteiger partial charge in [-0.2, -0.15) is 5.10 Å². The summed E-state index contributed by atoms with van der Waals surface area (Å²) in [5.74, 6) is -0.117. The van der Waals surface area contributed by atoms with E-state index < -0.39 is 5.60 Å². The van der Waals surface area contributed by atoms with Crippen molar-refractivity contribution in [3.8, 4) is 0 Å². The standard InChI is InChI=1S/C26H30N4O3/c1-18-17-29(14-15-30(18)24(31)16-26(2,3)33)25(32)20-11-8-19(9-12-20)10-13-23-21-6-4-5-7-22(21)27-28-23/h4-13,18,33H,14-17H2,1-3H3,(H,27,28). The molecule has 1 fully saturated rings. The van der Waals surface area contributed by atoms with Gasteiger partial charge in [-0.1, -0.05) is 36.4 Å². The lowest BCUT2D eigenvalue weighted by Gasteiger charge is -2.40. The van der Waals surface area contributed by atoms with Gasteiger partial charge >= 0.3 is 0 Å². The maximum absolute atomic E-state index is 13.0. The van der Waals surface area contributed by atoms with Gasteiger partial charge in [-0.05, 0) is 50.6 Å². The van der Waals surface area contributed by atoms with Crippen molar-refractivity contribution in [1.29, 1.82) is 0 Å². The number of aliphatic hydroxyl groups is 1. The molecule has 7 heteroatoms. The molecule has 2 aromatic carbocycles. The Morgan fingerprint density at radius 1 is 1.12 bits per heavy atom. The number of piperazine rings is 1. The zero-order chi connectivity index (χ0) is 23.6.